The number of aliphatic hydroxyl groups excluding tert-OH is 1. The number of alkyl halides is 3. The maximum Gasteiger partial charge on any atom is 0.471 e. The molecule has 2 aromatic carbocycles. The van der Waals surface area contributed by atoms with Crippen LogP contribution in [0.5, 0.6) is 5.75 Å². The summed E-state index contributed by atoms with van der Waals surface area (Å²) in [6.07, 6.45) is -6.37. The van der Waals surface area contributed by atoms with Gasteiger partial charge in [-0.25, -0.2) is 0 Å². The molecule has 0 aliphatic carbocycles. The van der Waals surface area contributed by atoms with Crippen molar-refractivity contribution in [1.82, 2.24) is 5.32 Å². The quantitative estimate of drug-likeness (QED) is 0.685. The van der Waals surface area contributed by atoms with E-state index >= 15 is 0 Å². The van der Waals surface area contributed by atoms with E-state index in [9.17, 15) is 23.1 Å². The lowest BCUT2D eigenvalue weighted by molar-refractivity contribution is -0.175. The number of halogens is 3. The number of nitrogens with one attached hydrogen (secondary N) is 1. The number of hydrogen-bond acceptors (Lipinski definition) is 4. The molecular weight excluding hydrogens is 349 g/mol. The zero-order chi connectivity index (χ0) is 19.3. The summed E-state index contributed by atoms with van der Waals surface area (Å²) in [5, 5.41) is 11.9. The summed E-state index contributed by atoms with van der Waals surface area (Å²) in [6.45, 7) is 1.56. The lowest BCUT2D eigenvalue weighted by Crippen LogP contribution is -2.44. The number of ether oxygens (including phenoxy) is 1. The Bertz CT molecular complexity index is 751. The third-order valence-corrected chi connectivity index (χ3v) is 3.70. The number of carbonyl (C=O) groups excluding carboxylic acids is 1. The van der Waals surface area contributed by atoms with Gasteiger partial charge < -0.3 is 20.9 Å². The summed E-state index contributed by atoms with van der Waals surface area (Å²) >= 11 is 0. The van der Waals surface area contributed by atoms with E-state index in [1.54, 1.807) is 5.32 Å². The van der Waals surface area contributed by atoms with Gasteiger partial charge in [0.05, 0.1) is 17.8 Å². The Balaban J connectivity index is 2.02. The van der Waals surface area contributed by atoms with Gasteiger partial charge in [0, 0.05) is 0 Å². The maximum atomic E-state index is 12.3. The molecule has 140 valence electrons. The minimum absolute atomic E-state index is 0.229. The molecule has 2 atom stereocenters. The van der Waals surface area contributed by atoms with Crippen LogP contribution in [0.4, 0.5) is 18.9 Å². The van der Waals surface area contributed by atoms with E-state index in [1.807, 2.05) is 30.3 Å². The topological polar surface area (TPSA) is 84.6 Å². The monoisotopic (exact) mass is 368 g/mol. The number of nitrogens with two attached hydrogens (primary N) is 1. The lowest BCUT2D eigenvalue weighted by Gasteiger charge is -2.22. The van der Waals surface area contributed by atoms with Gasteiger partial charge in [-0.1, -0.05) is 36.4 Å². The molecule has 0 heterocycles. The third-order valence-electron chi connectivity index (χ3n) is 3.70. The largest absolute Gasteiger partial charge is 0.487 e. The van der Waals surface area contributed by atoms with Crippen LogP contribution in [-0.4, -0.2) is 23.2 Å². The van der Waals surface area contributed by atoms with E-state index in [-0.39, 0.29) is 11.3 Å². The van der Waals surface area contributed by atoms with Crippen LogP contribution in [0.2, 0.25) is 0 Å². The third kappa shape index (κ3) is 5.13. The fraction of sp³-hybridized carbons (Fsp3) is 0.278. The van der Waals surface area contributed by atoms with Gasteiger partial charge in [0.15, 0.2) is 0 Å². The van der Waals surface area contributed by atoms with Gasteiger partial charge in [0.25, 0.3) is 0 Å². The second-order valence-electron chi connectivity index (χ2n) is 5.78. The second kappa shape index (κ2) is 8.09. The van der Waals surface area contributed by atoms with Crippen LogP contribution < -0.4 is 15.8 Å². The molecule has 5 nitrogen and oxygen atoms in total. The maximum absolute atomic E-state index is 12.3. The van der Waals surface area contributed by atoms with E-state index in [1.165, 1.54) is 25.1 Å². The molecule has 0 saturated carbocycles. The first-order valence-corrected chi connectivity index (χ1v) is 7.80. The molecule has 0 fully saturated rings. The minimum atomic E-state index is -5.01. The van der Waals surface area contributed by atoms with Crippen molar-refractivity contribution in [2.45, 2.75) is 31.9 Å². The molecule has 0 bridgehead atoms. The molecule has 1 amide bonds. The van der Waals surface area contributed by atoms with Gasteiger partial charge >= 0.3 is 12.1 Å². The fourth-order valence-electron chi connectivity index (χ4n) is 2.27. The Morgan fingerprint density at radius 1 is 1.23 bits per heavy atom. The van der Waals surface area contributed by atoms with E-state index in [0.717, 1.165) is 5.56 Å². The van der Waals surface area contributed by atoms with Crippen LogP contribution in [0, 0.1) is 0 Å². The molecule has 2 unspecified atom stereocenters. The molecule has 0 aliphatic rings. The second-order valence-corrected chi connectivity index (χ2v) is 5.78. The SMILES string of the molecule is CC(NC(=O)C(F)(F)F)C(O)c1ccc(OCc2ccccc2)c(N)c1. The molecule has 4 N–H and O–H groups in total. The number of anilines is 1. The van der Waals surface area contributed by atoms with Crippen molar-refractivity contribution in [3.8, 4) is 5.75 Å². The fourth-order valence-corrected chi connectivity index (χ4v) is 2.27. The van der Waals surface area contributed by atoms with E-state index in [4.69, 9.17) is 10.5 Å². The molecule has 0 saturated heterocycles. The van der Waals surface area contributed by atoms with Gasteiger partial charge in [-0.2, -0.15) is 13.2 Å². The highest BCUT2D eigenvalue weighted by Gasteiger charge is 2.40. The summed E-state index contributed by atoms with van der Waals surface area (Å²) < 4.78 is 42.5. The Morgan fingerprint density at radius 2 is 1.88 bits per heavy atom. The van der Waals surface area contributed by atoms with Gasteiger partial charge in [-0.15, -0.1) is 0 Å². The number of rotatable bonds is 6. The molecule has 0 aliphatic heterocycles. The van der Waals surface area contributed by atoms with Gasteiger partial charge in [0.2, 0.25) is 0 Å². The van der Waals surface area contributed by atoms with Crippen molar-refractivity contribution in [1.29, 1.82) is 0 Å². The highest BCUT2D eigenvalue weighted by atomic mass is 19.4. The summed E-state index contributed by atoms with van der Waals surface area (Å²) in [5.41, 5.74) is 7.33. The van der Waals surface area contributed by atoms with E-state index in [2.05, 4.69) is 0 Å². The Morgan fingerprint density at radius 3 is 2.46 bits per heavy atom. The van der Waals surface area contributed by atoms with Gasteiger partial charge in [0.1, 0.15) is 12.4 Å². The molecule has 2 rings (SSSR count). The van der Waals surface area contributed by atoms with Crippen molar-refractivity contribution >= 4 is 11.6 Å². The predicted molar refractivity (Wildman–Crippen MR) is 90.2 cm³/mol. The first-order chi connectivity index (χ1) is 12.2. The van der Waals surface area contributed by atoms with Crippen LogP contribution >= 0.6 is 0 Å². The molecule has 2 aromatic rings. The van der Waals surface area contributed by atoms with Gasteiger partial charge in [-0.05, 0) is 30.2 Å². The Labute approximate surface area is 148 Å². The van der Waals surface area contributed by atoms with Crippen LogP contribution in [0.25, 0.3) is 0 Å². The Hall–Kier alpha value is -2.74. The molecule has 8 heteroatoms. The first kappa shape index (κ1) is 19.6. The zero-order valence-electron chi connectivity index (χ0n) is 14.0. The number of amides is 1. The number of aliphatic hydroxyl groups is 1. The van der Waals surface area contributed by atoms with Crippen molar-refractivity contribution in [2.24, 2.45) is 0 Å². The molecule has 0 aromatic heterocycles. The lowest BCUT2D eigenvalue weighted by atomic mass is 10.0. The highest BCUT2D eigenvalue weighted by molar-refractivity contribution is 5.82. The molecule has 26 heavy (non-hydrogen) atoms. The molecular formula is C18H19F3N2O3. The number of benzene rings is 2. The smallest absolute Gasteiger partial charge is 0.471 e. The summed E-state index contributed by atoms with van der Waals surface area (Å²) in [4.78, 5) is 11.0. The van der Waals surface area contributed by atoms with E-state index in [0.29, 0.717) is 12.4 Å². The van der Waals surface area contributed by atoms with Crippen molar-refractivity contribution in [3.05, 3.63) is 59.7 Å². The van der Waals surface area contributed by atoms with Gasteiger partial charge in [-0.3, -0.25) is 4.79 Å². The van der Waals surface area contributed by atoms with E-state index < -0.39 is 24.2 Å². The molecule has 0 spiro atoms. The average molecular weight is 368 g/mol. The number of carbonyl (C=O) groups is 1. The van der Waals surface area contributed by atoms with Crippen molar-refractivity contribution in [3.63, 3.8) is 0 Å². The number of nitrogen functional groups attached to an aromatic ring is 1. The van der Waals surface area contributed by atoms with Crippen LogP contribution in [0.3, 0.4) is 0 Å². The van der Waals surface area contributed by atoms with Crippen LogP contribution in [0.1, 0.15) is 24.2 Å². The molecule has 0 radical (unpaired) electrons. The standard InChI is InChI=1S/C18H19F3N2O3/c1-11(23-17(25)18(19,20)21)16(24)13-7-8-15(14(22)9-13)26-10-12-5-3-2-4-6-12/h2-9,11,16,24H,10,22H2,1H3,(H,23,25). The van der Waals surface area contributed by atoms with Crippen LogP contribution in [-0.2, 0) is 11.4 Å². The first-order valence-electron chi connectivity index (χ1n) is 7.80. The number of hydrogen-bond donors (Lipinski definition) is 3. The zero-order valence-corrected chi connectivity index (χ0v) is 14.0. The highest BCUT2D eigenvalue weighted by Crippen LogP contribution is 2.28. The van der Waals surface area contributed by atoms with Crippen molar-refractivity contribution < 1.29 is 27.8 Å². The predicted octanol–water partition coefficient (Wildman–Crippen LogP) is 2.95. The minimum Gasteiger partial charge on any atom is -0.487 e. The summed E-state index contributed by atoms with van der Waals surface area (Å²) in [6, 6.07) is 12.7. The van der Waals surface area contributed by atoms with Crippen LogP contribution in [0.15, 0.2) is 48.5 Å². The van der Waals surface area contributed by atoms with Crippen molar-refractivity contribution in [2.75, 3.05) is 5.73 Å². The normalized spacial score (nSPS) is 13.7. The summed E-state index contributed by atoms with van der Waals surface area (Å²) in [5.74, 6) is -1.73. The average Bonchev–Trinajstić information content (AvgIpc) is 2.60. The Kier molecular flexibility index (Phi) is 6.10. The summed E-state index contributed by atoms with van der Waals surface area (Å²) in [7, 11) is 0.